The van der Waals surface area contributed by atoms with Gasteiger partial charge in [-0.25, -0.2) is 14.7 Å². The number of hydrogen-bond donors (Lipinski definition) is 3. The van der Waals surface area contributed by atoms with Crippen LogP contribution in [0.3, 0.4) is 0 Å². The second kappa shape index (κ2) is 15.9. The topological polar surface area (TPSA) is 147 Å². The fourth-order valence-electron chi connectivity index (χ4n) is 5.41. The lowest BCUT2D eigenvalue weighted by atomic mass is 9.82. The van der Waals surface area contributed by atoms with Gasteiger partial charge in [-0.05, 0) is 87.7 Å². The zero-order valence-electron chi connectivity index (χ0n) is 25.4. The lowest BCUT2D eigenvalue weighted by Crippen LogP contribution is -2.44. The van der Waals surface area contributed by atoms with Gasteiger partial charge in [0.05, 0.1) is 23.8 Å². The number of halogens is 1. The Balaban J connectivity index is 1.28. The van der Waals surface area contributed by atoms with E-state index in [2.05, 4.69) is 56.2 Å². The molecule has 0 unspecified atom stereocenters. The van der Waals surface area contributed by atoms with E-state index in [1.165, 1.54) is 0 Å². The molecule has 0 spiro atoms. The molecule has 0 amide bonds. The molecule has 43 heavy (non-hydrogen) atoms. The van der Waals surface area contributed by atoms with Gasteiger partial charge < -0.3 is 25.4 Å². The maximum Gasteiger partial charge on any atom is 0.176 e. The van der Waals surface area contributed by atoms with Crippen LogP contribution in [0.5, 0.6) is 0 Å². The number of hydrogen-bond acceptors (Lipinski definition) is 11. The third-order valence-electron chi connectivity index (χ3n) is 8.05. The van der Waals surface area contributed by atoms with Gasteiger partial charge in [-0.15, -0.1) is 5.10 Å². The Kier molecular flexibility index (Phi) is 12.0. The smallest absolute Gasteiger partial charge is 0.176 e. The van der Waals surface area contributed by atoms with E-state index < -0.39 is 5.41 Å². The summed E-state index contributed by atoms with van der Waals surface area (Å²) in [6.07, 6.45) is 7.42. The predicted octanol–water partition coefficient (Wildman–Crippen LogP) is 3.94. The minimum Gasteiger partial charge on any atom is -0.381 e. The summed E-state index contributed by atoms with van der Waals surface area (Å²) in [5.41, 5.74) is 1.04. The molecular formula is C30H43ClN10O2. The van der Waals surface area contributed by atoms with Crippen molar-refractivity contribution in [1.29, 1.82) is 5.26 Å². The Morgan fingerprint density at radius 2 is 2.05 bits per heavy atom. The molecule has 2 fully saturated rings. The number of aliphatic imine (C=N–C) groups is 1. The first-order valence-corrected chi connectivity index (χ1v) is 15.3. The first kappa shape index (κ1) is 32.5. The molecule has 2 aromatic rings. The lowest BCUT2D eigenvalue weighted by Gasteiger charge is -2.32. The molecule has 1 aliphatic heterocycles. The van der Waals surface area contributed by atoms with Crippen molar-refractivity contribution < 1.29 is 9.47 Å². The summed E-state index contributed by atoms with van der Waals surface area (Å²) >= 11 is 6.56. The molecule has 0 bridgehead atoms. The molecule has 1 aliphatic carbocycles. The van der Waals surface area contributed by atoms with E-state index in [9.17, 15) is 5.26 Å². The number of pyridine rings is 1. The molecule has 0 radical (unpaired) electrons. The van der Waals surface area contributed by atoms with Crippen molar-refractivity contribution in [1.82, 2.24) is 35.8 Å². The Bertz CT molecular complexity index is 1300. The van der Waals surface area contributed by atoms with Gasteiger partial charge in [0.2, 0.25) is 0 Å². The third kappa shape index (κ3) is 9.56. The summed E-state index contributed by atoms with van der Waals surface area (Å²) in [5, 5.41) is 32.4. The maximum atomic E-state index is 9.78. The number of nitrogens with one attached hydrogen (secondary N) is 3. The predicted molar refractivity (Wildman–Crippen MR) is 167 cm³/mol. The van der Waals surface area contributed by atoms with E-state index in [0.717, 1.165) is 37.0 Å². The highest BCUT2D eigenvalue weighted by molar-refractivity contribution is 6.32. The second-order valence-corrected chi connectivity index (χ2v) is 12.0. The summed E-state index contributed by atoms with van der Waals surface area (Å²) in [6, 6.07) is 9.18. The highest BCUT2D eigenvalue weighted by atomic mass is 35.5. The van der Waals surface area contributed by atoms with Crippen molar-refractivity contribution in [3.63, 3.8) is 0 Å². The third-order valence-corrected chi connectivity index (χ3v) is 8.25. The number of nitrogens with zero attached hydrogens (tertiary/aromatic N) is 7. The van der Waals surface area contributed by atoms with Crippen LogP contribution in [0.1, 0.15) is 63.9 Å². The minimum atomic E-state index is -0.448. The zero-order valence-corrected chi connectivity index (χ0v) is 26.1. The van der Waals surface area contributed by atoms with Gasteiger partial charge in [0.15, 0.2) is 5.82 Å². The van der Waals surface area contributed by atoms with Gasteiger partial charge >= 0.3 is 0 Å². The summed E-state index contributed by atoms with van der Waals surface area (Å²) < 4.78 is 12.9. The molecule has 2 aromatic heterocycles. The van der Waals surface area contributed by atoms with Crippen molar-refractivity contribution in [3.05, 3.63) is 46.6 Å². The summed E-state index contributed by atoms with van der Waals surface area (Å²) in [4.78, 5) is 9.06. The number of nitriles is 1. The minimum absolute atomic E-state index is 0.222. The highest BCUT2D eigenvalue weighted by Gasteiger charge is 2.32. The molecule has 1 atom stereocenters. The van der Waals surface area contributed by atoms with Crippen LogP contribution in [0.25, 0.3) is 5.57 Å². The van der Waals surface area contributed by atoms with Crippen molar-refractivity contribution in [2.45, 2.75) is 77.1 Å². The second-order valence-electron chi connectivity index (χ2n) is 11.4. The molecule has 232 valence electrons. The number of tetrazole rings is 1. The average molecular weight is 611 g/mol. The molecule has 2 aliphatic rings. The van der Waals surface area contributed by atoms with Crippen LogP contribution in [0.15, 0.2) is 40.1 Å². The number of allylic oxidation sites excluding steroid dienone is 3. The zero-order chi connectivity index (χ0) is 30.7. The lowest BCUT2D eigenvalue weighted by molar-refractivity contribution is 0.0455. The van der Waals surface area contributed by atoms with Crippen molar-refractivity contribution in [2.75, 3.05) is 31.7 Å². The molecule has 0 aromatic carbocycles. The van der Waals surface area contributed by atoms with Crippen molar-refractivity contribution in [3.8, 4) is 6.07 Å². The number of aromatic nitrogens is 5. The van der Waals surface area contributed by atoms with E-state index in [-0.39, 0.29) is 12.1 Å². The molecule has 4 rings (SSSR count). The van der Waals surface area contributed by atoms with Gasteiger partial charge in [0.1, 0.15) is 18.2 Å². The van der Waals surface area contributed by atoms with Crippen LogP contribution in [0, 0.1) is 16.7 Å². The van der Waals surface area contributed by atoms with Gasteiger partial charge in [-0.2, -0.15) is 5.26 Å². The van der Waals surface area contributed by atoms with E-state index in [1.54, 1.807) is 11.7 Å². The number of aryl methyl sites for hydroxylation is 1. The normalized spacial score (nSPS) is 21.8. The molecule has 3 N–H and O–H groups in total. The molecular weight excluding hydrogens is 568 g/mol. The van der Waals surface area contributed by atoms with Crippen LogP contribution in [-0.4, -0.2) is 76.4 Å². The van der Waals surface area contributed by atoms with Gasteiger partial charge in [-0.3, -0.25) is 0 Å². The Morgan fingerprint density at radius 3 is 2.70 bits per heavy atom. The van der Waals surface area contributed by atoms with Crippen LogP contribution in [0.2, 0.25) is 0 Å². The van der Waals surface area contributed by atoms with Crippen molar-refractivity contribution in [2.24, 2.45) is 17.5 Å². The molecule has 12 nitrogen and oxygen atoms in total. The number of ether oxygens (including phenoxy) is 2. The van der Waals surface area contributed by atoms with E-state index in [4.69, 9.17) is 26.1 Å². The van der Waals surface area contributed by atoms with Gasteiger partial charge in [0, 0.05) is 55.5 Å². The first-order valence-electron chi connectivity index (χ1n) is 14.9. The Morgan fingerprint density at radius 1 is 1.30 bits per heavy atom. The van der Waals surface area contributed by atoms with Gasteiger partial charge in [0.25, 0.3) is 0 Å². The highest BCUT2D eigenvalue weighted by Crippen LogP contribution is 2.30. The SMILES string of the molecule is C=N/C(=C\C(=C(/C)Cl)c1cccc(NCC2(C#N)CCOCC2)n1)NC1CCC(N[C@@H](C)COCc2nnnn2C)CC1. The summed E-state index contributed by atoms with van der Waals surface area (Å²) in [7, 11) is 1.80. The van der Waals surface area contributed by atoms with E-state index >= 15 is 0 Å². The molecule has 1 saturated carbocycles. The molecule has 13 heteroatoms. The fourth-order valence-corrected chi connectivity index (χ4v) is 5.57. The van der Waals surface area contributed by atoms with Crippen molar-refractivity contribution >= 4 is 29.7 Å². The Hall–Kier alpha value is -3.37. The fraction of sp³-hybridized carbons (Fsp3) is 0.600. The van der Waals surface area contributed by atoms with Crippen LogP contribution in [0.4, 0.5) is 5.82 Å². The molecule has 1 saturated heterocycles. The summed E-state index contributed by atoms with van der Waals surface area (Å²) in [5.74, 6) is 2.07. The maximum absolute atomic E-state index is 9.78. The summed E-state index contributed by atoms with van der Waals surface area (Å²) in [6.45, 7) is 10.5. The van der Waals surface area contributed by atoms with Crippen LogP contribution >= 0.6 is 11.6 Å². The monoisotopic (exact) mass is 610 g/mol. The largest absolute Gasteiger partial charge is 0.381 e. The van der Waals surface area contributed by atoms with E-state index in [1.807, 2.05) is 31.2 Å². The quantitative estimate of drug-likeness (QED) is 0.212. The number of anilines is 1. The standard InChI is InChI=1S/C30H43ClN10O2/c1-21(17-43-18-29-38-39-40-41(29)4)35-23-8-10-24(11-9-23)36-28(33-3)16-25(22(2)31)26-6-5-7-27(37-26)34-20-30(19-32)12-14-42-15-13-30/h5-7,16,21,23-24,35-36H,3,8-15,17-18,20H2,1-2,4H3,(H,34,37)/b25-22-,28-16+/t21-,23?,24?/m0/s1. The van der Waals surface area contributed by atoms with Gasteiger partial charge in [-0.1, -0.05) is 17.7 Å². The van der Waals surface area contributed by atoms with Crippen LogP contribution < -0.4 is 16.0 Å². The number of rotatable bonds is 14. The average Bonchev–Trinajstić information content (AvgIpc) is 3.43. The van der Waals surface area contributed by atoms with Crippen LogP contribution in [-0.2, 0) is 23.1 Å². The van der Waals surface area contributed by atoms with E-state index in [0.29, 0.717) is 74.4 Å². The molecule has 3 heterocycles. The Labute approximate surface area is 259 Å². The first-order chi connectivity index (χ1) is 20.8.